The van der Waals surface area contributed by atoms with Gasteiger partial charge < -0.3 is 14.4 Å². The molecule has 1 aromatic rings. The maximum Gasteiger partial charge on any atom is 0.257 e. The van der Waals surface area contributed by atoms with Gasteiger partial charge in [-0.15, -0.1) is 0 Å². The Morgan fingerprint density at radius 1 is 1.67 bits per heavy atom. The molecule has 1 aromatic heterocycles. The molecule has 1 aliphatic rings. The second-order valence-corrected chi connectivity index (χ2v) is 4.47. The lowest BCUT2D eigenvalue weighted by molar-refractivity contribution is 0.0473. The van der Waals surface area contributed by atoms with E-state index in [9.17, 15) is 9.90 Å². The lowest BCUT2D eigenvalue weighted by Gasteiger charge is -2.29. The first-order chi connectivity index (χ1) is 7.16. The number of β-amino-alcohol motifs (C(OH)–C–C–N with tert-alkyl or cyclic N) is 1. The molecular weight excluding hydrogens is 262 g/mol. The van der Waals surface area contributed by atoms with Gasteiger partial charge in [0.15, 0.2) is 4.67 Å². The van der Waals surface area contributed by atoms with Crippen LogP contribution in [0, 0.1) is 0 Å². The molecule has 0 aliphatic carbocycles. The van der Waals surface area contributed by atoms with E-state index in [0.29, 0.717) is 23.3 Å². The molecule has 0 radical (unpaired) electrons. The number of carbonyl (C=O) groups excluding carboxylic acids is 1. The van der Waals surface area contributed by atoms with Crippen molar-refractivity contribution in [2.75, 3.05) is 13.1 Å². The molecule has 1 fully saturated rings. The molecule has 15 heavy (non-hydrogen) atoms. The Morgan fingerprint density at radius 2 is 2.47 bits per heavy atom. The van der Waals surface area contributed by atoms with Crippen molar-refractivity contribution in [2.45, 2.75) is 18.9 Å². The van der Waals surface area contributed by atoms with Crippen molar-refractivity contribution in [2.24, 2.45) is 0 Å². The molecule has 2 rings (SSSR count). The van der Waals surface area contributed by atoms with Gasteiger partial charge in [-0.1, -0.05) is 0 Å². The van der Waals surface area contributed by atoms with Crippen LogP contribution in [0.2, 0.25) is 0 Å². The molecule has 0 saturated carbocycles. The van der Waals surface area contributed by atoms with Crippen LogP contribution in [-0.4, -0.2) is 35.1 Å². The molecule has 0 bridgehead atoms. The Morgan fingerprint density at radius 3 is 3.07 bits per heavy atom. The Kier molecular flexibility index (Phi) is 3.11. The van der Waals surface area contributed by atoms with Crippen LogP contribution in [0.5, 0.6) is 0 Å². The number of carbonyl (C=O) groups is 1. The van der Waals surface area contributed by atoms with Crippen molar-refractivity contribution in [1.82, 2.24) is 4.90 Å². The molecule has 1 atom stereocenters. The van der Waals surface area contributed by atoms with Gasteiger partial charge >= 0.3 is 0 Å². The number of piperidine rings is 1. The molecular formula is C10H12BrNO3. The fourth-order valence-electron chi connectivity index (χ4n) is 1.74. The third kappa shape index (κ3) is 2.41. The highest BCUT2D eigenvalue weighted by Gasteiger charge is 2.23. The molecule has 5 heteroatoms. The molecule has 1 amide bonds. The fourth-order valence-corrected chi connectivity index (χ4v) is 2.08. The van der Waals surface area contributed by atoms with Crippen molar-refractivity contribution < 1.29 is 14.3 Å². The van der Waals surface area contributed by atoms with Crippen LogP contribution in [0.25, 0.3) is 0 Å². The summed E-state index contributed by atoms with van der Waals surface area (Å²) >= 11 is 3.15. The zero-order valence-electron chi connectivity index (χ0n) is 8.15. The van der Waals surface area contributed by atoms with Crippen molar-refractivity contribution in [3.63, 3.8) is 0 Å². The number of halogens is 1. The van der Waals surface area contributed by atoms with E-state index >= 15 is 0 Å². The number of likely N-dealkylation sites (tertiary alicyclic amines) is 1. The van der Waals surface area contributed by atoms with Crippen LogP contribution in [0.15, 0.2) is 21.4 Å². The first-order valence-corrected chi connectivity index (χ1v) is 5.67. The van der Waals surface area contributed by atoms with Crippen molar-refractivity contribution in [1.29, 1.82) is 0 Å². The van der Waals surface area contributed by atoms with Crippen molar-refractivity contribution >= 4 is 21.8 Å². The summed E-state index contributed by atoms with van der Waals surface area (Å²) in [5, 5.41) is 9.45. The molecule has 1 N–H and O–H groups in total. The highest BCUT2D eigenvalue weighted by atomic mass is 79.9. The third-order valence-electron chi connectivity index (χ3n) is 2.50. The number of furan rings is 1. The van der Waals surface area contributed by atoms with Crippen LogP contribution in [-0.2, 0) is 0 Å². The minimum Gasteiger partial charge on any atom is -0.457 e. The van der Waals surface area contributed by atoms with E-state index in [4.69, 9.17) is 4.42 Å². The molecule has 2 heterocycles. The van der Waals surface area contributed by atoms with Gasteiger partial charge in [-0.3, -0.25) is 4.79 Å². The summed E-state index contributed by atoms with van der Waals surface area (Å²) in [7, 11) is 0. The lowest BCUT2D eigenvalue weighted by atomic mass is 10.1. The number of nitrogens with zero attached hydrogens (tertiary/aromatic N) is 1. The summed E-state index contributed by atoms with van der Waals surface area (Å²) < 4.78 is 5.55. The quantitative estimate of drug-likeness (QED) is 0.847. The van der Waals surface area contributed by atoms with E-state index in [1.165, 1.54) is 6.26 Å². The van der Waals surface area contributed by atoms with Crippen LogP contribution in [0.3, 0.4) is 0 Å². The second-order valence-electron chi connectivity index (χ2n) is 3.69. The van der Waals surface area contributed by atoms with E-state index in [2.05, 4.69) is 15.9 Å². The largest absolute Gasteiger partial charge is 0.457 e. The normalized spacial score (nSPS) is 21.7. The summed E-state index contributed by atoms with van der Waals surface area (Å²) in [6, 6.07) is 1.64. The van der Waals surface area contributed by atoms with Crippen LogP contribution in [0.4, 0.5) is 0 Å². The fraction of sp³-hybridized carbons (Fsp3) is 0.500. The van der Waals surface area contributed by atoms with Crippen molar-refractivity contribution in [3.05, 3.63) is 22.6 Å². The first kappa shape index (κ1) is 10.7. The molecule has 1 unspecified atom stereocenters. The van der Waals surface area contributed by atoms with E-state index in [0.717, 1.165) is 12.8 Å². The topological polar surface area (TPSA) is 53.7 Å². The average Bonchev–Trinajstić information content (AvgIpc) is 2.64. The molecule has 82 valence electrons. The van der Waals surface area contributed by atoms with Gasteiger partial charge in [0.2, 0.25) is 0 Å². The first-order valence-electron chi connectivity index (χ1n) is 4.88. The predicted octanol–water partition coefficient (Wildman–Crippen LogP) is 1.64. The number of aliphatic hydroxyl groups is 1. The smallest absolute Gasteiger partial charge is 0.257 e. The number of rotatable bonds is 1. The standard InChI is InChI=1S/C10H12BrNO3/c11-9-4-7(6-15-9)10(14)12-3-1-2-8(13)5-12/h4,6,8,13H,1-3,5H2. The summed E-state index contributed by atoms with van der Waals surface area (Å²) in [5.74, 6) is -0.0804. The number of hydrogen-bond donors (Lipinski definition) is 1. The molecule has 1 aliphatic heterocycles. The summed E-state index contributed by atoms with van der Waals surface area (Å²) in [4.78, 5) is 13.6. The molecule has 0 spiro atoms. The molecule has 0 aromatic carbocycles. The average molecular weight is 274 g/mol. The van der Waals surface area contributed by atoms with Crippen LogP contribution >= 0.6 is 15.9 Å². The van der Waals surface area contributed by atoms with E-state index in [1.807, 2.05) is 0 Å². The monoisotopic (exact) mass is 273 g/mol. The Hall–Kier alpha value is -0.810. The minimum atomic E-state index is -0.391. The van der Waals surface area contributed by atoms with E-state index in [1.54, 1.807) is 11.0 Å². The van der Waals surface area contributed by atoms with Gasteiger partial charge in [0.1, 0.15) is 6.26 Å². The predicted molar refractivity (Wildman–Crippen MR) is 57.6 cm³/mol. The Labute approximate surface area is 96.0 Å². The van der Waals surface area contributed by atoms with E-state index in [-0.39, 0.29) is 5.91 Å². The van der Waals surface area contributed by atoms with E-state index < -0.39 is 6.10 Å². The van der Waals surface area contributed by atoms with Gasteiger partial charge in [0.25, 0.3) is 5.91 Å². The van der Waals surface area contributed by atoms with Gasteiger partial charge in [-0.2, -0.15) is 0 Å². The van der Waals surface area contributed by atoms with Gasteiger partial charge in [0, 0.05) is 19.2 Å². The lowest BCUT2D eigenvalue weighted by Crippen LogP contribution is -2.42. The third-order valence-corrected chi connectivity index (χ3v) is 2.91. The summed E-state index contributed by atoms with van der Waals surface area (Å²) in [6.07, 6.45) is 2.66. The number of amides is 1. The molecule has 1 saturated heterocycles. The molecule has 4 nitrogen and oxygen atoms in total. The van der Waals surface area contributed by atoms with Gasteiger partial charge in [-0.25, -0.2) is 0 Å². The Balaban J connectivity index is 2.07. The minimum absolute atomic E-state index is 0.0804. The summed E-state index contributed by atoms with van der Waals surface area (Å²) in [6.45, 7) is 1.13. The van der Waals surface area contributed by atoms with Crippen LogP contribution < -0.4 is 0 Å². The van der Waals surface area contributed by atoms with Crippen LogP contribution in [0.1, 0.15) is 23.2 Å². The number of aliphatic hydroxyl groups excluding tert-OH is 1. The maximum atomic E-state index is 11.9. The maximum absolute atomic E-state index is 11.9. The zero-order chi connectivity index (χ0) is 10.8. The highest BCUT2D eigenvalue weighted by Crippen LogP contribution is 2.18. The highest BCUT2D eigenvalue weighted by molar-refractivity contribution is 9.10. The van der Waals surface area contributed by atoms with Gasteiger partial charge in [-0.05, 0) is 28.8 Å². The summed E-state index contributed by atoms with van der Waals surface area (Å²) in [5.41, 5.74) is 0.524. The number of hydrogen-bond acceptors (Lipinski definition) is 3. The second kappa shape index (κ2) is 4.37. The SMILES string of the molecule is O=C(c1coc(Br)c1)N1CCCC(O)C1. The Bertz CT molecular complexity index is 363. The zero-order valence-corrected chi connectivity index (χ0v) is 9.74. The van der Waals surface area contributed by atoms with Gasteiger partial charge in [0.05, 0.1) is 11.7 Å². The van der Waals surface area contributed by atoms with Crippen molar-refractivity contribution in [3.8, 4) is 0 Å².